The van der Waals surface area contributed by atoms with Crippen molar-refractivity contribution in [1.82, 2.24) is 0 Å². The number of rotatable bonds is 5. The van der Waals surface area contributed by atoms with Crippen molar-refractivity contribution in [3.05, 3.63) is 47.0 Å². The third kappa shape index (κ3) is 3.30. The van der Waals surface area contributed by atoms with E-state index in [1.165, 1.54) is 7.11 Å². The lowest BCUT2D eigenvalue weighted by Crippen LogP contribution is -2.03. The van der Waals surface area contributed by atoms with Gasteiger partial charge in [0, 0.05) is 12.0 Å². The fourth-order valence-corrected chi connectivity index (χ4v) is 3.36. The van der Waals surface area contributed by atoms with E-state index in [0.29, 0.717) is 47.0 Å². The average Bonchev–Trinajstić information content (AvgIpc) is 2.85. The Bertz CT molecular complexity index is 913. The summed E-state index contributed by atoms with van der Waals surface area (Å²) in [6, 6.07) is 6.88. The Balaban J connectivity index is 2.28. The summed E-state index contributed by atoms with van der Waals surface area (Å²) >= 11 is 0. The lowest BCUT2D eigenvalue weighted by molar-refractivity contribution is -0.114. The zero-order valence-electron chi connectivity index (χ0n) is 15.8. The van der Waals surface area contributed by atoms with Gasteiger partial charge in [-0.3, -0.25) is 4.79 Å². The van der Waals surface area contributed by atoms with Crippen LogP contribution in [0.15, 0.2) is 30.3 Å². The normalized spacial score (nSPS) is 13.3. The van der Waals surface area contributed by atoms with Gasteiger partial charge in [0.1, 0.15) is 0 Å². The van der Waals surface area contributed by atoms with Crippen LogP contribution < -0.4 is 18.9 Å². The van der Waals surface area contributed by atoms with Crippen molar-refractivity contribution >= 4 is 11.4 Å². The summed E-state index contributed by atoms with van der Waals surface area (Å²) in [5.41, 5.74) is 3.05. The fraction of sp³-hybridized carbons (Fsp3) is 0.286. The fourth-order valence-electron chi connectivity index (χ4n) is 3.36. The van der Waals surface area contributed by atoms with E-state index in [1.54, 1.807) is 45.6 Å². The van der Waals surface area contributed by atoms with Gasteiger partial charge in [-0.25, -0.2) is 0 Å². The molecule has 3 rings (SSSR count). The van der Waals surface area contributed by atoms with Crippen LogP contribution in [-0.2, 0) is 11.2 Å². The van der Waals surface area contributed by atoms with E-state index in [9.17, 15) is 9.90 Å². The highest BCUT2D eigenvalue weighted by Gasteiger charge is 2.26. The van der Waals surface area contributed by atoms with Crippen LogP contribution in [0.5, 0.6) is 28.7 Å². The minimum Gasteiger partial charge on any atom is -0.504 e. The molecule has 2 aromatic rings. The number of aromatic hydroxyl groups is 1. The molecule has 2 aromatic carbocycles. The number of ketones is 1. The van der Waals surface area contributed by atoms with Crippen LogP contribution in [0.4, 0.5) is 0 Å². The first kappa shape index (κ1) is 18.6. The Morgan fingerprint density at radius 3 is 2.15 bits per heavy atom. The van der Waals surface area contributed by atoms with Gasteiger partial charge in [-0.15, -0.1) is 0 Å². The maximum atomic E-state index is 12.4. The minimum atomic E-state index is -0.00325. The number of fused-ring (bicyclic) bond motifs is 1. The Kier molecular flexibility index (Phi) is 5.26. The summed E-state index contributed by atoms with van der Waals surface area (Å²) in [4.78, 5) is 12.4. The number of hydrogen-bond donors (Lipinski definition) is 1. The molecule has 0 saturated heterocycles. The Hall–Kier alpha value is -3.15. The summed E-state index contributed by atoms with van der Waals surface area (Å²) in [5.74, 6) is 1.91. The number of phenolic OH excluding ortho intramolecular Hbond substituents is 1. The van der Waals surface area contributed by atoms with Gasteiger partial charge in [-0.05, 0) is 47.4 Å². The second-order valence-corrected chi connectivity index (χ2v) is 6.08. The molecular formula is C21H22O6. The highest BCUT2D eigenvalue weighted by atomic mass is 16.5. The summed E-state index contributed by atoms with van der Waals surface area (Å²) in [5, 5.41) is 10.2. The summed E-state index contributed by atoms with van der Waals surface area (Å²) in [6.07, 6.45) is 2.46. The van der Waals surface area contributed by atoms with Crippen LogP contribution in [0, 0.1) is 0 Å². The van der Waals surface area contributed by atoms with E-state index in [0.717, 1.165) is 11.1 Å². The minimum absolute atomic E-state index is 0.00147. The lowest BCUT2D eigenvalue weighted by atomic mass is 9.92. The number of carbonyl (C=O) groups is 1. The lowest BCUT2D eigenvalue weighted by Gasteiger charge is -2.20. The quantitative estimate of drug-likeness (QED) is 0.870. The molecule has 6 nitrogen and oxygen atoms in total. The third-order valence-corrected chi connectivity index (χ3v) is 4.64. The van der Waals surface area contributed by atoms with Gasteiger partial charge in [0.15, 0.2) is 28.8 Å². The monoisotopic (exact) mass is 370 g/mol. The summed E-state index contributed by atoms with van der Waals surface area (Å²) in [7, 11) is 6.15. The highest BCUT2D eigenvalue weighted by molar-refractivity contribution is 6.03. The first-order valence-corrected chi connectivity index (χ1v) is 8.48. The van der Waals surface area contributed by atoms with E-state index in [-0.39, 0.29) is 11.5 Å². The van der Waals surface area contributed by atoms with Crippen molar-refractivity contribution < 1.29 is 28.8 Å². The van der Waals surface area contributed by atoms with Crippen molar-refractivity contribution in [2.75, 3.05) is 28.4 Å². The first-order valence-electron chi connectivity index (χ1n) is 8.48. The molecule has 0 amide bonds. The van der Waals surface area contributed by atoms with Gasteiger partial charge in [0.2, 0.25) is 5.75 Å². The van der Waals surface area contributed by atoms with Crippen molar-refractivity contribution in [2.45, 2.75) is 12.8 Å². The molecule has 1 aliphatic rings. The summed E-state index contributed by atoms with van der Waals surface area (Å²) in [6.45, 7) is 0. The second-order valence-electron chi connectivity index (χ2n) is 6.08. The van der Waals surface area contributed by atoms with Gasteiger partial charge < -0.3 is 24.1 Å². The van der Waals surface area contributed by atoms with E-state index in [2.05, 4.69) is 0 Å². The second kappa shape index (κ2) is 7.61. The van der Waals surface area contributed by atoms with Crippen LogP contribution in [0.3, 0.4) is 0 Å². The number of phenols is 1. The molecule has 142 valence electrons. The standard InChI is InChI=1S/C21H22O6/c1-24-18-8-5-12(9-17(18)23)15-10-13(22)6-7-14-16(15)11-19(25-2)21(27-4)20(14)26-3/h5,8-11,23H,6-7H2,1-4H3. The Morgan fingerprint density at radius 2 is 1.56 bits per heavy atom. The van der Waals surface area contributed by atoms with Crippen LogP contribution in [0.1, 0.15) is 23.1 Å². The topological polar surface area (TPSA) is 74.2 Å². The molecule has 0 bridgehead atoms. The number of hydrogen-bond acceptors (Lipinski definition) is 6. The van der Waals surface area contributed by atoms with Crippen LogP contribution in [-0.4, -0.2) is 39.3 Å². The molecule has 0 unspecified atom stereocenters. The van der Waals surface area contributed by atoms with Gasteiger partial charge >= 0.3 is 0 Å². The van der Waals surface area contributed by atoms with Gasteiger partial charge in [-0.2, -0.15) is 0 Å². The largest absolute Gasteiger partial charge is 0.504 e. The van der Waals surface area contributed by atoms with E-state index in [1.807, 2.05) is 6.07 Å². The van der Waals surface area contributed by atoms with Gasteiger partial charge in [0.05, 0.1) is 28.4 Å². The van der Waals surface area contributed by atoms with Crippen molar-refractivity contribution in [3.63, 3.8) is 0 Å². The Labute approximate surface area is 157 Å². The molecule has 0 aliphatic heterocycles. The van der Waals surface area contributed by atoms with E-state index < -0.39 is 0 Å². The molecule has 6 heteroatoms. The van der Waals surface area contributed by atoms with Crippen molar-refractivity contribution in [2.24, 2.45) is 0 Å². The SMILES string of the molecule is COc1ccc(C2=CC(=O)CCc3c2cc(OC)c(OC)c3OC)cc1O. The predicted octanol–water partition coefficient (Wildman–Crippen LogP) is 3.37. The molecule has 0 aromatic heterocycles. The zero-order valence-corrected chi connectivity index (χ0v) is 15.8. The number of allylic oxidation sites excluding steroid dienone is 1. The maximum Gasteiger partial charge on any atom is 0.203 e. The number of carbonyl (C=O) groups excluding carboxylic acids is 1. The molecule has 0 fully saturated rings. The molecule has 1 aliphatic carbocycles. The molecular weight excluding hydrogens is 348 g/mol. The average molecular weight is 370 g/mol. The molecule has 0 saturated carbocycles. The van der Waals surface area contributed by atoms with Crippen LogP contribution >= 0.6 is 0 Å². The molecule has 27 heavy (non-hydrogen) atoms. The molecule has 0 heterocycles. The smallest absolute Gasteiger partial charge is 0.203 e. The van der Waals surface area contributed by atoms with Crippen LogP contribution in [0.2, 0.25) is 0 Å². The Morgan fingerprint density at radius 1 is 0.852 bits per heavy atom. The maximum absolute atomic E-state index is 12.4. The summed E-state index contributed by atoms with van der Waals surface area (Å²) < 4.78 is 21.7. The number of methoxy groups -OCH3 is 4. The van der Waals surface area contributed by atoms with Gasteiger partial charge in [-0.1, -0.05) is 6.07 Å². The van der Waals surface area contributed by atoms with Crippen molar-refractivity contribution in [1.29, 1.82) is 0 Å². The molecule has 0 radical (unpaired) electrons. The number of benzene rings is 2. The zero-order chi connectivity index (χ0) is 19.6. The predicted molar refractivity (Wildman–Crippen MR) is 101 cm³/mol. The molecule has 0 atom stereocenters. The number of ether oxygens (including phenoxy) is 4. The van der Waals surface area contributed by atoms with Crippen LogP contribution in [0.25, 0.3) is 5.57 Å². The highest BCUT2D eigenvalue weighted by Crippen LogP contribution is 2.46. The molecule has 1 N–H and O–H groups in total. The van der Waals surface area contributed by atoms with Gasteiger partial charge in [0.25, 0.3) is 0 Å². The third-order valence-electron chi connectivity index (χ3n) is 4.64. The first-order chi connectivity index (χ1) is 13.0. The molecule has 0 spiro atoms. The van der Waals surface area contributed by atoms with E-state index in [4.69, 9.17) is 18.9 Å². The van der Waals surface area contributed by atoms with E-state index >= 15 is 0 Å². The van der Waals surface area contributed by atoms with Crippen molar-refractivity contribution in [3.8, 4) is 28.7 Å².